The minimum absolute atomic E-state index is 0.417. The molecule has 0 unspecified atom stereocenters. The Morgan fingerprint density at radius 1 is 1.44 bits per heavy atom. The van der Waals surface area contributed by atoms with Crippen molar-refractivity contribution in [3.05, 3.63) is 11.6 Å². The van der Waals surface area contributed by atoms with Gasteiger partial charge in [0.25, 0.3) is 0 Å². The largest absolute Gasteiger partial charge is 0.290 e. The van der Waals surface area contributed by atoms with Gasteiger partial charge in [0.15, 0.2) is 0 Å². The van der Waals surface area contributed by atoms with Crippen molar-refractivity contribution in [2.24, 2.45) is 4.99 Å². The molecule has 0 saturated carbocycles. The monoisotopic (exact) mass is 125 g/mol. The molecule has 0 aliphatic carbocycles. The van der Waals surface area contributed by atoms with Crippen molar-refractivity contribution in [2.45, 2.75) is 33.7 Å². The Kier molecular flexibility index (Phi) is 4.02. The van der Waals surface area contributed by atoms with Gasteiger partial charge in [-0.3, -0.25) is 4.99 Å². The Morgan fingerprint density at radius 3 is 2.33 bits per heavy atom. The molecule has 0 bridgehead atoms. The van der Waals surface area contributed by atoms with Crippen LogP contribution in [0.1, 0.15) is 27.7 Å². The van der Waals surface area contributed by atoms with Crippen molar-refractivity contribution >= 4 is 6.21 Å². The number of rotatable bonds is 2. The maximum absolute atomic E-state index is 4.20. The molecule has 0 spiro atoms. The highest BCUT2D eigenvalue weighted by molar-refractivity contribution is 5.77. The Morgan fingerprint density at radius 2 is 2.00 bits per heavy atom. The molecule has 0 aromatic carbocycles. The predicted molar refractivity (Wildman–Crippen MR) is 43.1 cm³/mol. The second kappa shape index (κ2) is 4.30. The first-order valence-corrected chi connectivity index (χ1v) is 3.33. The van der Waals surface area contributed by atoms with E-state index in [1.165, 1.54) is 5.57 Å². The van der Waals surface area contributed by atoms with Crippen LogP contribution in [0.5, 0.6) is 0 Å². The maximum atomic E-state index is 4.20. The van der Waals surface area contributed by atoms with Crippen molar-refractivity contribution in [3.63, 3.8) is 0 Å². The average Bonchev–Trinajstić information content (AvgIpc) is 1.83. The van der Waals surface area contributed by atoms with E-state index >= 15 is 0 Å². The summed E-state index contributed by atoms with van der Waals surface area (Å²) in [4.78, 5) is 4.20. The zero-order valence-electron chi connectivity index (χ0n) is 6.68. The topological polar surface area (TPSA) is 12.4 Å². The molecule has 0 atom stereocenters. The lowest BCUT2D eigenvalue weighted by Gasteiger charge is -1.93. The molecule has 52 valence electrons. The van der Waals surface area contributed by atoms with Crippen LogP contribution in [0.3, 0.4) is 0 Å². The number of aliphatic imine (C=N–C) groups is 1. The molecule has 0 N–H and O–H groups in total. The lowest BCUT2D eigenvalue weighted by atomic mass is 10.3. The Bertz CT molecular complexity index is 121. The summed E-state index contributed by atoms with van der Waals surface area (Å²) in [7, 11) is 0. The molecule has 1 nitrogen and oxygen atoms in total. The van der Waals surface area contributed by atoms with Crippen LogP contribution < -0.4 is 0 Å². The van der Waals surface area contributed by atoms with Crippen molar-refractivity contribution in [1.29, 1.82) is 0 Å². The van der Waals surface area contributed by atoms with Gasteiger partial charge in [0.05, 0.1) is 0 Å². The van der Waals surface area contributed by atoms with Gasteiger partial charge in [-0.15, -0.1) is 0 Å². The first-order chi connectivity index (χ1) is 4.16. The van der Waals surface area contributed by atoms with Gasteiger partial charge in [0.1, 0.15) is 0 Å². The van der Waals surface area contributed by atoms with E-state index in [9.17, 15) is 0 Å². The van der Waals surface area contributed by atoms with Crippen LogP contribution >= 0.6 is 0 Å². The third kappa shape index (κ3) is 5.28. The molecule has 1 heteroatoms. The second-order valence-corrected chi connectivity index (χ2v) is 2.40. The van der Waals surface area contributed by atoms with Gasteiger partial charge in [-0.25, -0.2) is 0 Å². The number of hydrogen-bond acceptors (Lipinski definition) is 1. The smallest absolute Gasteiger partial charge is 0.0443 e. The maximum Gasteiger partial charge on any atom is 0.0443 e. The Labute approximate surface area is 57.5 Å². The van der Waals surface area contributed by atoms with Crippen molar-refractivity contribution in [3.8, 4) is 0 Å². The first kappa shape index (κ1) is 8.41. The summed E-state index contributed by atoms with van der Waals surface area (Å²) in [6.07, 6.45) is 3.95. The molecule has 0 amide bonds. The summed E-state index contributed by atoms with van der Waals surface area (Å²) in [5, 5.41) is 0. The van der Waals surface area contributed by atoms with Crippen molar-refractivity contribution in [2.75, 3.05) is 0 Å². The molecule has 0 heterocycles. The summed E-state index contributed by atoms with van der Waals surface area (Å²) in [5.41, 5.74) is 1.23. The van der Waals surface area contributed by atoms with E-state index in [1.54, 1.807) is 0 Å². The van der Waals surface area contributed by atoms with E-state index in [2.05, 4.69) is 18.8 Å². The third-order valence-electron chi connectivity index (χ3n) is 1.03. The average molecular weight is 125 g/mol. The van der Waals surface area contributed by atoms with Crippen LogP contribution in [0.4, 0.5) is 0 Å². The molecule has 0 rings (SSSR count). The van der Waals surface area contributed by atoms with Gasteiger partial charge in [0.2, 0.25) is 0 Å². The molecule has 0 aromatic heterocycles. The lowest BCUT2D eigenvalue weighted by molar-refractivity contribution is 0.840. The Hall–Kier alpha value is -0.590. The van der Waals surface area contributed by atoms with Crippen LogP contribution in [0.25, 0.3) is 0 Å². The SMILES string of the molecule is C/C=C(/C)C=NC(C)C. The molecule has 0 saturated heterocycles. The summed E-state index contributed by atoms with van der Waals surface area (Å²) in [6, 6.07) is 0.417. The number of nitrogens with zero attached hydrogens (tertiary/aromatic N) is 1. The van der Waals surface area contributed by atoms with Crippen LogP contribution in [0, 0.1) is 0 Å². The first-order valence-electron chi connectivity index (χ1n) is 3.33. The quantitative estimate of drug-likeness (QED) is 0.503. The van der Waals surface area contributed by atoms with Crippen LogP contribution in [0.2, 0.25) is 0 Å². The van der Waals surface area contributed by atoms with Crippen molar-refractivity contribution < 1.29 is 0 Å². The van der Waals surface area contributed by atoms with E-state index < -0.39 is 0 Å². The fraction of sp³-hybridized carbons (Fsp3) is 0.625. The standard InChI is InChI=1S/C8H15N/c1-5-8(4)6-9-7(2)3/h5-7H,1-4H3/b8-5-,9-6?. The van der Waals surface area contributed by atoms with Gasteiger partial charge in [-0.05, 0) is 33.3 Å². The van der Waals surface area contributed by atoms with Gasteiger partial charge >= 0.3 is 0 Å². The van der Waals surface area contributed by atoms with Gasteiger partial charge < -0.3 is 0 Å². The molecular weight excluding hydrogens is 110 g/mol. The zero-order valence-corrected chi connectivity index (χ0v) is 6.68. The minimum Gasteiger partial charge on any atom is -0.290 e. The number of allylic oxidation sites excluding steroid dienone is 2. The molecule has 0 fully saturated rings. The van der Waals surface area contributed by atoms with Gasteiger partial charge in [-0.2, -0.15) is 0 Å². The molecular formula is C8H15N. The third-order valence-corrected chi connectivity index (χ3v) is 1.03. The highest BCUT2D eigenvalue weighted by atomic mass is 14.7. The van der Waals surface area contributed by atoms with Crippen LogP contribution in [0.15, 0.2) is 16.6 Å². The highest BCUT2D eigenvalue weighted by Crippen LogP contribution is 1.89. The van der Waals surface area contributed by atoms with E-state index in [0.29, 0.717) is 6.04 Å². The second-order valence-electron chi connectivity index (χ2n) is 2.40. The Balaban J connectivity index is 3.71. The van der Waals surface area contributed by atoms with E-state index in [1.807, 2.05) is 26.1 Å². The number of hydrogen-bond donors (Lipinski definition) is 0. The molecule has 0 aliphatic rings. The molecule has 0 aromatic rings. The summed E-state index contributed by atoms with van der Waals surface area (Å²) in [5.74, 6) is 0. The predicted octanol–water partition coefficient (Wildman–Crippen LogP) is 2.43. The fourth-order valence-corrected chi connectivity index (χ4v) is 0.341. The van der Waals surface area contributed by atoms with Crippen molar-refractivity contribution in [1.82, 2.24) is 0 Å². The summed E-state index contributed by atoms with van der Waals surface area (Å²) in [6.45, 7) is 8.20. The zero-order chi connectivity index (χ0) is 7.28. The molecule has 0 radical (unpaired) electrons. The van der Waals surface area contributed by atoms with Gasteiger partial charge in [-0.1, -0.05) is 6.08 Å². The summed E-state index contributed by atoms with van der Waals surface area (Å²) >= 11 is 0. The van der Waals surface area contributed by atoms with E-state index in [0.717, 1.165) is 0 Å². The van der Waals surface area contributed by atoms with Crippen LogP contribution in [-0.2, 0) is 0 Å². The molecule has 0 aliphatic heterocycles. The highest BCUT2D eigenvalue weighted by Gasteiger charge is 1.82. The lowest BCUT2D eigenvalue weighted by Crippen LogP contribution is -1.88. The van der Waals surface area contributed by atoms with Crippen LogP contribution in [-0.4, -0.2) is 12.3 Å². The fourth-order valence-electron chi connectivity index (χ4n) is 0.341. The molecule has 9 heavy (non-hydrogen) atoms. The normalized spacial score (nSPS) is 13.7. The van der Waals surface area contributed by atoms with E-state index in [4.69, 9.17) is 0 Å². The van der Waals surface area contributed by atoms with E-state index in [-0.39, 0.29) is 0 Å². The van der Waals surface area contributed by atoms with Gasteiger partial charge in [0, 0.05) is 12.3 Å². The summed E-state index contributed by atoms with van der Waals surface area (Å²) < 4.78 is 0. The minimum atomic E-state index is 0.417.